The molecule has 1 aromatic rings. The summed E-state index contributed by atoms with van der Waals surface area (Å²) in [6.45, 7) is 1.62. The number of H-pyrrole nitrogens is 1. The maximum atomic E-state index is 11.2. The number of nitrogens with zero attached hydrogens (tertiary/aromatic N) is 1. The van der Waals surface area contributed by atoms with E-state index in [1.165, 1.54) is 0 Å². The second kappa shape index (κ2) is 3.04. The quantitative estimate of drug-likeness (QED) is 0.578. The van der Waals surface area contributed by atoms with Crippen LogP contribution in [0.1, 0.15) is 16.8 Å². The largest absolute Gasteiger partial charge is 0.325 e. The number of fused-ring (bicyclic) bond motifs is 1. The van der Waals surface area contributed by atoms with Crippen LogP contribution in [0, 0.1) is 11.3 Å². The van der Waals surface area contributed by atoms with Crippen molar-refractivity contribution in [3.63, 3.8) is 0 Å². The highest BCUT2D eigenvalue weighted by atomic mass is 16.1. The standard InChI is InChI=1S/C9H9N3O/c10-4-6-3-7-5-11-2-1-8(7)12-9(6)13/h3,11H,1-2,5H2,(H,12,13). The molecule has 0 saturated heterocycles. The first kappa shape index (κ1) is 8.02. The van der Waals surface area contributed by atoms with Gasteiger partial charge in [-0.2, -0.15) is 5.26 Å². The molecule has 2 heterocycles. The first-order chi connectivity index (χ1) is 6.31. The van der Waals surface area contributed by atoms with E-state index in [9.17, 15) is 4.79 Å². The molecule has 0 radical (unpaired) electrons. The highest BCUT2D eigenvalue weighted by molar-refractivity contribution is 5.34. The van der Waals surface area contributed by atoms with Gasteiger partial charge in [-0.05, 0) is 11.6 Å². The Labute approximate surface area is 75.2 Å². The van der Waals surface area contributed by atoms with Crippen LogP contribution in [0.25, 0.3) is 0 Å². The molecule has 0 aliphatic carbocycles. The van der Waals surface area contributed by atoms with Crippen LogP contribution < -0.4 is 10.9 Å². The average Bonchev–Trinajstić information content (AvgIpc) is 2.17. The summed E-state index contributed by atoms with van der Waals surface area (Å²) in [4.78, 5) is 14.0. The van der Waals surface area contributed by atoms with Crippen LogP contribution in [0.5, 0.6) is 0 Å². The fourth-order valence-electron chi connectivity index (χ4n) is 1.51. The molecule has 0 aromatic carbocycles. The highest BCUT2D eigenvalue weighted by Gasteiger charge is 2.11. The summed E-state index contributed by atoms with van der Waals surface area (Å²) in [7, 11) is 0. The summed E-state index contributed by atoms with van der Waals surface area (Å²) >= 11 is 0. The van der Waals surface area contributed by atoms with Crippen molar-refractivity contribution in [3.8, 4) is 6.07 Å². The van der Waals surface area contributed by atoms with Gasteiger partial charge in [0.2, 0.25) is 0 Å². The van der Waals surface area contributed by atoms with Crippen LogP contribution in [0.3, 0.4) is 0 Å². The molecule has 1 aliphatic heterocycles. The van der Waals surface area contributed by atoms with Crippen molar-refractivity contribution in [3.05, 3.63) is 33.2 Å². The number of nitrogens with one attached hydrogen (secondary N) is 2. The van der Waals surface area contributed by atoms with Crippen molar-refractivity contribution in [2.24, 2.45) is 0 Å². The summed E-state index contributed by atoms with van der Waals surface area (Å²) in [6.07, 6.45) is 0.830. The van der Waals surface area contributed by atoms with Gasteiger partial charge < -0.3 is 10.3 Å². The number of hydrogen-bond acceptors (Lipinski definition) is 3. The topological polar surface area (TPSA) is 68.7 Å². The Bertz CT molecular complexity index is 427. The van der Waals surface area contributed by atoms with E-state index in [1.807, 2.05) is 6.07 Å². The minimum atomic E-state index is -0.275. The van der Waals surface area contributed by atoms with Gasteiger partial charge in [-0.1, -0.05) is 0 Å². The van der Waals surface area contributed by atoms with Gasteiger partial charge in [0.15, 0.2) is 0 Å². The van der Waals surface area contributed by atoms with Gasteiger partial charge in [0.1, 0.15) is 11.6 Å². The molecular weight excluding hydrogens is 166 g/mol. The van der Waals surface area contributed by atoms with Crippen LogP contribution in [-0.2, 0) is 13.0 Å². The van der Waals surface area contributed by atoms with Crippen LogP contribution >= 0.6 is 0 Å². The molecule has 1 aliphatic rings. The van der Waals surface area contributed by atoms with Gasteiger partial charge in [0, 0.05) is 25.2 Å². The highest BCUT2D eigenvalue weighted by Crippen LogP contribution is 2.09. The van der Waals surface area contributed by atoms with E-state index < -0.39 is 0 Å². The Morgan fingerprint density at radius 2 is 2.38 bits per heavy atom. The predicted octanol–water partition coefficient (Wildman–Crippen LogP) is -0.108. The third-order valence-electron chi connectivity index (χ3n) is 2.20. The molecule has 0 fully saturated rings. The van der Waals surface area contributed by atoms with Crippen LogP contribution in [0.15, 0.2) is 10.9 Å². The maximum Gasteiger partial charge on any atom is 0.266 e. The van der Waals surface area contributed by atoms with E-state index >= 15 is 0 Å². The zero-order valence-corrected chi connectivity index (χ0v) is 7.05. The van der Waals surface area contributed by atoms with E-state index in [0.717, 1.165) is 30.8 Å². The Hall–Kier alpha value is -1.60. The van der Waals surface area contributed by atoms with E-state index in [-0.39, 0.29) is 11.1 Å². The molecule has 0 unspecified atom stereocenters. The maximum absolute atomic E-state index is 11.2. The molecule has 0 spiro atoms. The molecule has 2 rings (SSSR count). The third-order valence-corrected chi connectivity index (χ3v) is 2.20. The first-order valence-corrected chi connectivity index (χ1v) is 4.17. The molecular formula is C9H9N3O. The van der Waals surface area contributed by atoms with Gasteiger partial charge in [0.05, 0.1) is 0 Å². The van der Waals surface area contributed by atoms with E-state index in [4.69, 9.17) is 5.26 Å². The van der Waals surface area contributed by atoms with Gasteiger partial charge in [-0.15, -0.1) is 0 Å². The van der Waals surface area contributed by atoms with Crippen molar-refractivity contribution < 1.29 is 0 Å². The van der Waals surface area contributed by atoms with Crippen LogP contribution in [0.4, 0.5) is 0 Å². The van der Waals surface area contributed by atoms with E-state index in [2.05, 4.69) is 10.3 Å². The number of pyridine rings is 1. The predicted molar refractivity (Wildman–Crippen MR) is 47.2 cm³/mol. The normalized spacial score (nSPS) is 14.7. The third kappa shape index (κ3) is 1.34. The second-order valence-corrected chi connectivity index (χ2v) is 3.05. The smallest absolute Gasteiger partial charge is 0.266 e. The van der Waals surface area contributed by atoms with Gasteiger partial charge in [-0.25, -0.2) is 0 Å². The Kier molecular flexibility index (Phi) is 1.87. The van der Waals surface area contributed by atoms with Crippen molar-refractivity contribution in [1.82, 2.24) is 10.3 Å². The Balaban J connectivity index is 2.59. The second-order valence-electron chi connectivity index (χ2n) is 3.05. The SMILES string of the molecule is N#Cc1cc2c([nH]c1=O)CCNC2. The number of hydrogen-bond donors (Lipinski definition) is 2. The Morgan fingerprint density at radius 1 is 1.54 bits per heavy atom. The monoisotopic (exact) mass is 175 g/mol. The molecule has 4 heteroatoms. The molecule has 0 saturated carbocycles. The first-order valence-electron chi connectivity index (χ1n) is 4.17. The molecule has 0 atom stereocenters. The number of nitriles is 1. The molecule has 66 valence electrons. The summed E-state index contributed by atoms with van der Waals surface area (Å²) in [5.41, 5.74) is 1.91. The van der Waals surface area contributed by atoms with Gasteiger partial charge in [-0.3, -0.25) is 4.79 Å². The molecule has 2 N–H and O–H groups in total. The average molecular weight is 175 g/mol. The lowest BCUT2D eigenvalue weighted by Gasteiger charge is -2.15. The minimum absolute atomic E-state index is 0.197. The lowest BCUT2D eigenvalue weighted by molar-refractivity contribution is 0.628. The van der Waals surface area contributed by atoms with Crippen LogP contribution in [0.2, 0.25) is 0 Å². The molecule has 0 bridgehead atoms. The van der Waals surface area contributed by atoms with Crippen molar-refractivity contribution in [2.45, 2.75) is 13.0 Å². The fraction of sp³-hybridized carbons (Fsp3) is 0.333. The van der Waals surface area contributed by atoms with E-state index in [0.29, 0.717) is 0 Å². The van der Waals surface area contributed by atoms with Gasteiger partial charge >= 0.3 is 0 Å². The molecule has 0 amide bonds. The lowest BCUT2D eigenvalue weighted by atomic mass is 10.1. The fourth-order valence-corrected chi connectivity index (χ4v) is 1.51. The summed E-state index contributed by atoms with van der Waals surface area (Å²) in [5.74, 6) is 0. The summed E-state index contributed by atoms with van der Waals surface area (Å²) in [5, 5.41) is 11.8. The lowest BCUT2D eigenvalue weighted by Crippen LogP contribution is -2.27. The molecule has 4 nitrogen and oxygen atoms in total. The zero-order valence-electron chi connectivity index (χ0n) is 7.05. The van der Waals surface area contributed by atoms with Gasteiger partial charge in [0.25, 0.3) is 5.56 Å². The Morgan fingerprint density at radius 3 is 3.15 bits per heavy atom. The van der Waals surface area contributed by atoms with Crippen molar-refractivity contribution in [1.29, 1.82) is 5.26 Å². The number of rotatable bonds is 0. The summed E-state index contributed by atoms with van der Waals surface area (Å²) < 4.78 is 0. The molecule has 13 heavy (non-hydrogen) atoms. The van der Waals surface area contributed by atoms with Crippen LogP contribution in [-0.4, -0.2) is 11.5 Å². The van der Waals surface area contributed by atoms with Crippen molar-refractivity contribution >= 4 is 0 Å². The zero-order chi connectivity index (χ0) is 9.26. The summed E-state index contributed by atoms with van der Waals surface area (Å²) in [6, 6.07) is 3.54. The van der Waals surface area contributed by atoms with Crippen molar-refractivity contribution in [2.75, 3.05) is 6.54 Å². The number of aromatic amines is 1. The minimum Gasteiger partial charge on any atom is -0.325 e. The molecule has 1 aromatic heterocycles. The van der Waals surface area contributed by atoms with E-state index in [1.54, 1.807) is 6.07 Å². The number of aromatic nitrogens is 1.